The molecular weight excluding hydrogens is 240 g/mol. The van der Waals surface area contributed by atoms with Crippen LogP contribution in [0.5, 0.6) is 5.75 Å². The van der Waals surface area contributed by atoms with Gasteiger partial charge in [0.2, 0.25) is 5.91 Å². The molecule has 1 aromatic rings. The molecule has 5 heteroatoms. The molecule has 96 valence electrons. The number of benzene rings is 1. The third kappa shape index (κ3) is 5.56. The minimum absolute atomic E-state index is 0. The van der Waals surface area contributed by atoms with Gasteiger partial charge in [-0.2, -0.15) is 0 Å². The van der Waals surface area contributed by atoms with Crippen LogP contribution in [-0.4, -0.2) is 25.6 Å². The van der Waals surface area contributed by atoms with Gasteiger partial charge >= 0.3 is 0 Å². The van der Waals surface area contributed by atoms with E-state index in [2.05, 4.69) is 11.1 Å². The average molecular weight is 259 g/mol. The summed E-state index contributed by atoms with van der Waals surface area (Å²) in [6, 6.07) is 7.95. The molecule has 0 fully saturated rings. The van der Waals surface area contributed by atoms with Gasteiger partial charge < -0.3 is 28.2 Å². The minimum atomic E-state index is -0.0119. The molecule has 4 N–H and O–H groups in total. The summed E-state index contributed by atoms with van der Waals surface area (Å²) >= 11 is 0. The Labute approximate surface area is 108 Å². The maximum absolute atomic E-state index is 10.9. The van der Waals surface area contributed by atoms with E-state index in [1.165, 1.54) is 12.5 Å². The van der Waals surface area contributed by atoms with Crippen LogP contribution in [0.4, 0.5) is 0 Å². The first kappa shape index (κ1) is 15.7. The fourth-order valence-electron chi connectivity index (χ4n) is 1.56. The van der Waals surface area contributed by atoms with Crippen LogP contribution < -0.4 is 28.2 Å². The summed E-state index contributed by atoms with van der Waals surface area (Å²) in [5.41, 5.74) is 5.00. The van der Waals surface area contributed by atoms with Gasteiger partial charge in [-0.15, -0.1) is 0 Å². The molecule has 0 aliphatic rings. The smallest absolute Gasteiger partial charge is 0.217 e. The van der Waals surface area contributed by atoms with Crippen molar-refractivity contribution in [2.45, 2.75) is 19.4 Å². The fourth-order valence-corrected chi connectivity index (χ4v) is 1.56. The third-order valence-corrected chi connectivity index (χ3v) is 2.40. The van der Waals surface area contributed by atoms with Gasteiger partial charge in [0.05, 0.1) is 19.7 Å². The second kappa shape index (κ2) is 7.92. The van der Waals surface area contributed by atoms with Gasteiger partial charge in [-0.3, -0.25) is 4.79 Å². The highest BCUT2D eigenvalue weighted by Gasteiger charge is 2.10. The summed E-state index contributed by atoms with van der Waals surface area (Å²) in [6.45, 7) is 2.21. The van der Waals surface area contributed by atoms with E-state index in [0.29, 0.717) is 6.54 Å². The molecule has 1 atom stereocenters. The fraction of sp³-hybridized carbons (Fsp3) is 0.417. The maximum Gasteiger partial charge on any atom is 0.217 e. The van der Waals surface area contributed by atoms with Crippen molar-refractivity contribution in [3.05, 3.63) is 29.8 Å². The largest absolute Gasteiger partial charge is 1.00 e. The molecule has 0 saturated carbocycles. The maximum atomic E-state index is 10.9. The number of hydrogen-bond acceptors (Lipinski definition) is 2. The molecule has 1 rings (SSSR count). The zero-order valence-corrected chi connectivity index (χ0v) is 11.0. The Morgan fingerprint density at radius 1 is 1.41 bits per heavy atom. The number of carbonyl (C=O) groups excluding carboxylic acids is 1. The minimum Gasteiger partial charge on any atom is -1.00 e. The van der Waals surface area contributed by atoms with E-state index in [0.717, 1.165) is 12.2 Å². The zero-order chi connectivity index (χ0) is 12.0. The van der Waals surface area contributed by atoms with Crippen molar-refractivity contribution in [3.63, 3.8) is 0 Å². The van der Waals surface area contributed by atoms with Gasteiger partial charge in [0, 0.05) is 6.92 Å². The van der Waals surface area contributed by atoms with Crippen LogP contribution in [0, 0.1) is 0 Å². The first-order valence-electron chi connectivity index (χ1n) is 5.35. The van der Waals surface area contributed by atoms with Gasteiger partial charge in [0.25, 0.3) is 0 Å². The number of hydrogen-bond donors (Lipinski definition) is 2. The van der Waals surface area contributed by atoms with Crippen molar-refractivity contribution >= 4 is 5.91 Å². The Bertz CT molecular complexity index is 341. The second-order valence-corrected chi connectivity index (χ2v) is 3.74. The molecule has 0 aliphatic heterocycles. The van der Waals surface area contributed by atoms with Gasteiger partial charge in [0.1, 0.15) is 5.75 Å². The topological polar surface area (TPSA) is 66.0 Å². The van der Waals surface area contributed by atoms with Crippen LogP contribution in [0.15, 0.2) is 24.3 Å². The van der Waals surface area contributed by atoms with E-state index >= 15 is 0 Å². The van der Waals surface area contributed by atoms with Crippen molar-refractivity contribution in [2.24, 2.45) is 0 Å². The number of ether oxygens (including phenoxy) is 1. The number of quaternary nitrogens is 1. The normalized spacial score (nSPS) is 11.2. The highest BCUT2D eigenvalue weighted by Crippen LogP contribution is 2.12. The standard InChI is InChI=1S/C12H18N2O2.ClH/c1-9(15)14-11(8-13)7-10-3-5-12(16-2)6-4-10;/h3-6,11H,7-8,13H2,1-2H3,(H,14,15);1H/t11-;/m0./s1. The molecule has 1 amide bonds. The number of nitrogens with one attached hydrogen (secondary N) is 1. The van der Waals surface area contributed by atoms with Crippen molar-refractivity contribution < 1.29 is 27.7 Å². The predicted molar refractivity (Wildman–Crippen MR) is 62.1 cm³/mol. The highest BCUT2D eigenvalue weighted by molar-refractivity contribution is 5.73. The molecule has 0 bridgehead atoms. The molecule has 0 spiro atoms. The molecule has 0 aliphatic carbocycles. The molecule has 0 heterocycles. The van der Waals surface area contributed by atoms with Crippen LogP contribution in [0.3, 0.4) is 0 Å². The Kier molecular flexibility index (Phi) is 7.34. The summed E-state index contributed by atoms with van der Waals surface area (Å²) in [7, 11) is 1.64. The Morgan fingerprint density at radius 3 is 2.41 bits per heavy atom. The van der Waals surface area contributed by atoms with Gasteiger partial charge in [-0.25, -0.2) is 0 Å². The van der Waals surface area contributed by atoms with Crippen LogP contribution in [-0.2, 0) is 11.2 Å². The van der Waals surface area contributed by atoms with E-state index in [-0.39, 0.29) is 24.4 Å². The predicted octanol–water partition coefficient (Wildman–Crippen LogP) is -3.01. The summed E-state index contributed by atoms with van der Waals surface area (Å²) < 4.78 is 5.08. The summed E-state index contributed by atoms with van der Waals surface area (Å²) in [6.07, 6.45) is 0.799. The third-order valence-electron chi connectivity index (χ3n) is 2.40. The molecular formula is C12H19ClN2O2. The lowest BCUT2D eigenvalue weighted by atomic mass is 10.1. The number of carbonyl (C=O) groups is 1. The first-order valence-corrected chi connectivity index (χ1v) is 5.35. The summed E-state index contributed by atoms with van der Waals surface area (Å²) in [5.74, 6) is 0.830. The number of methoxy groups -OCH3 is 1. The van der Waals surface area contributed by atoms with E-state index in [4.69, 9.17) is 4.74 Å². The van der Waals surface area contributed by atoms with E-state index in [1.54, 1.807) is 7.11 Å². The van der Waals surface area contributed by atoms with Crippen LogP contribution in [0.1, 0.15) is 12.5 Å². The number of halogens is 1. The average Bonchev–Trinajstić information content (AvgIpc) is 2.28. The SMILES string of the molecule is COc1ccc(C[C@@H](C[NH3+])NC(C)=O)cc1.[Cl-]. The molecule has 17 heavy (non-hydrogen) atoms. The van der Waals surface area contributed by atoms with E-state index in [9.17, 15) is 4.79 Å². The molecule has 0 saturated heterocycles. The van der Waals surface area contributed by atoms with Crippen LogP contribution >= 0.6 is 0 Å². The summed E-state index contributed by atoms with van der Waals surface area (Å²) in [4.78, 5) is 10.9. The van der Waals surface area contributed by atoms with Gasteiger partial charge in [-0.05, 0) is 24.1 Å². The van der Waals surface area contributed by atoms with Crippen molar-refractivity contribution in [3.8, 4) is 5.75 Å². The van der Waals surface area contributed by atoms with Gasteiger partial charge in [0.15, 0.2) is 0 Å². The molecule has 0 radical (unpaired) electrons. The van der Waals surface area contributed by atoms with Crippen molar-refractivity contribution in [2.75, 3.05) is 13.7 Å². The first-order chi connectivity index (χ1) is 7.65. The Balaban J connectivity index is 0.00000256. The van der Waals surface area contributed by atoms with Crippen LogP contribution in [0.25, 0.3) is 0 Å². The molecule has 0 aromatic heterocycles. The second-order valence-electron chi connectivity index (χ2n) is 3.74. The lowest BCUT2D eigenvalue weighted by molar-refractivity contribution is -0.372. The zero-order valence-electron chi connectivity index (χ0n) is 10.2. The van der Waals surface area contributed by atoms with Crippen molar-refractivity contribution in [1.82, 2.24) is 5.32 Å². The number of rotatable bonds is 5. The Morgan fingerprint density at radius 2 is 2.00 bits per heavy atom. The summed E-state index contributed by atoms with van der Waals surface area (Å²) in [5, 5.41) is 2.87. The molecule has 1 aromatic carbocycles. The highest BCUT2D eigenvalue weighted by atomic mass is 35.5. The van der Waals surface area contributed by atoms with Crippen LogP contribution in [0.2, 0.25) is 0 Å². The van der Waals surface area contributed by atoms with E-state index in [1.807, 2.05) is 24.3 Å². The Hall–Kier alpha value is -1.26. The lowest BCUT2D eigenvalue weighted by Crippen LogP contribution is -3.00. The quantitative estimate of drug-likeness (QED) is 0.591. The molecule has 0 unspecified atom stereocenters. The number of amides is 1. The van der Waals surface area contributed by atoms with Gasteiger partial charge in [-0.1, -0.05) is 12.1 Å². The molecule has 4 nitrogen and oxygen atoms in total. The monoisotopic (exact) mass is 258 g/mol. The lowest BCUT2D eigenvalue weighted by Gasteiger charge is -2.13. The van der Waals surface area contributed by atoms with Crippen molar-refractivity contribution in [1.29, 1.82) is 0 Å². The van der Waals surface area contributed by atoms with E-state index < -0.39 is 0 Å².